The summed E-state index contributed by atoms with van der Waals surface area (Å²) >= 11 is 1.67. The Labute approximate surface area is 139 Å². The van der Waals surface area contributed by atoms with E-state index in [-0.39, 0.29) is 12.1 Å². The molecule has 0 spiro atoms. The van der Waals surface area contributed by atoms with Crippen molar-refractivity contribution in [2.45, 2.75) is 19.4 Å². The molecule has 0 saturated carbocycles. The maximum Gasteiger partial charge on any atom is 0.315 e. The molecule has 0 radical (unpaired) electrons. The Balaban J connectivity index is 1.50. The van der Waals surface area contributed by atoms with Gasteiger partial charge in [-0.2, -0.15) is 11.3 Å². The number of ether oxygens (including phenoxy) is 2. The molecule has 0 aliphatic carbocycles. The van der Waals surface area contributed by atoms with E-state index in [0.29, 0.717) is 19.8 Å². The average Bonchev–Trinajstić information content (AvgIpc) is 3.07. The number of benzene rings is 1. The normalized spacial score (nSPS) is 14.1. The maximum absolute atomic E-state index is 12.0. The third-order valence-corrected chi connectivity index (χ3v) is 4.43. The van der Waals surface area contributed by atoms with Crippen LogP contribution in [0.5, 0.6) is 11.5 Å². The van der Waals surface area contributed by atoms with Gasteiger partial charge in [-0.05, 0) is 53.4 Å². The Morgan fingerprint density at radius 3 is 2.87 bits per heavy atom. The minimum Gasteiger partial charge on any atom is -0.486 e. The van der Waals surface area contributed by atoms with Crippen LogP contribution in [0.1, 0.15) is 24.1 Å². The van der Waals surface area contributed by atoms with Crippen molar-refractivity contribution < 1.29 is 14.3 Å². The van der Waals surface area contributed by atoms with Crippen LogP contribution in [0.25, 0.3) is 0 Å². The van der Waals surface area contributed by atoms with Gasteiger partial charge in [-0.1, -0.05) is 6.07 Å². The molecule has 0 fully saturated rings. The van der Waals surface area contributed by atoms with Crippen molar-refractivity contribution in [2.75, 3.05) is 19.8 Å². The molecule has 0 saturated heterocycles. The van der Waals surface area contributed by atoms with Crippen LogP contribution in [0.4, 0.5) is 4.79 Å². The van der Waals surface area contributed by atoms with Crippen molar-refractivity contribution in [3.8, 4) is 11.5 Å². The van der Waals surface area contributed by atoms with Gasteiger partial charge in [0.05, 0.1) is 6.04 Å². The van der Waals surface area contributed by atoms with E-state index < -0.39 is 0 Å². The fourth-order valence-corrected chi connectivity index (χ4v) is 3.12. The second-order valence-corrected chi connectivity index (χ2v) is 6.19. The number of thiophene rings is 1. The highest BCUT2D eigenvalue weighted by Crippen LogP contribution is 2.32. The van der Waals surface area contributed by atoms with E-state index in [2.05, 4.69) is 22.1 Å². The molecule has 2 heterocycles. The second-order valence-electron chi connectivity index (χ2n) is 5.41. The standard InChI is InChI=1S/C17H20N2O3S/c1-12(14-2-3-15-16(10-14)22-8-7-21-15)19-17(20)18-6-4-13-5-9-23-11-13/h2-3,5,9-12H,4,6-8H2,1H3,(H2,18,19,20)/t12-/m1/s1. The molecule has 23 heavy (non-hydrogen) atoms. The maximum atomic E-state index is 12.0. The third-order valence-electron chi connectivity index (χ3n) is 3.69. The summed E-state index contributed by atoms with van der Waals surface area (Å²) in [5.74, 6) is 1.49. The molecule has 1 aromatic heterocycles. The summed E-state index contributed by atoms with van der Waals surface area (Å²) in [5, 5.41) is 9.96. The van der Waals surface area contributed by atoms with Gasteiger partial charge in [0.1, 0.15) is 13.2 Å². The molecule has 2 amide bonds. The van der Waals surface area contributed by atoms with E-state index in [1.165, 1.54) is 5.56 Å². The SMILES string of the molecule is C[C@@H](NC(=O)NCCc1ccsc1)c1ccc2c(c1)OCCO2. The zero-order valence-electron chi connectivity index (χ0n) is 13.0. The lowest BCUT2D eigenvalue weighted by molar-refractivity contribution is 0.171. The molecule has 1 aliphatic heterocycles. The molecule has 0 unspecified atom stereocenters. The van der Waals surface area contributed by atoms with Gasteiger partial charge in [0.25, 0.3) is 0 Å². The number of hydrogen-bond donors (Lipinski definition) is 2. The van der Waals surface area contributed by atoms with Crippen LogP contribution in [0.15, 0.2) is 35.0 Å². The van der Waals surface area contributed by atoms with Crippen LogP contribution in [-0.2, 0) is 6.42 Å². The van der Waals surface area contributed by atoms with Crippen molar-refractivity contribution in [3.05, 3.63) is 46.2 Å². The van der Waals surface area contributed by atoms with E-state index in [9.17, 15) is 4.79 Å². The van der Waals surface area contributed by atoms with Crippen molar-refractivity contribution >= 4 is 17.4 Å². The molecular formula is C17H20N2O3S. The molecule has 1 aliphatic rings. The van der Waals surface area contributed by atoms with Gasteiger partial charge < -0.3 is 20.1 Å². The van der Waals surface area contributed by atoms with Gasteiger partial charge in [-0.3, -0.25) is 0 Å². The molecule has 3 rings (SSSR count). The minimum absolute atomic E-state index is 0.105. The topological polar surface area (TPSA) is 59.6 Å². The highest BCUT2D eigenvalue weighted by Gasteiger charge is 2.15. The first-order chi connectivity index (χ1) is 11.2. The third kappa shape index (κ3) is 4.16. The van der Waals surface area contributed by atoms with Crippen LogP contribution in [-0.4, -0.2) is 25.8 Å². The number of carbonyl (C=O) groups excluding carboxylic acids is 1. The lowest BCUT2D eigenvalue weighted by Crippen LogP contribution is -2.38. The predicted molar refractivity (Wildman–Crippen MR) is 90.4 cm³/mol. The number of nitrogens with one attached hydrogen (secondary N) is 2. The van der Waals surface area contributed by atoms with Crippen LogP contribution in [0.2, 0.25) is 0 Å². The van der Waals surface area contributed by atoms with Gasteiger partial charge in [0.2, 0.25) is 0 Å². The fraction of sp³-hybridized carbons (Fsp3) is 0.353. The number of rotatable bonds is 5. The van der Waals surface area contributed by atoms with Gasteiger partial charge in [-0.25, -0.2) is 4.79 Å². The number of hydrogen-bond acceptors (Lipinski definition) is 4. The molecule has 2 aromatic rings. The molecule has 5 nitrogen and oxygen atoms in total. The summed E-state index contributed by atoms with van der Waals surface area (Å²) in [4.78, 5) is 12.0. The smallest absolute Gasteiger partial charge is 0.315 e. The molecular weight excluding hydrogens is 312 g/mol. The first-order valence-corrected chi connectivity index (χ1v) is 8.61. The number of urea groups is 1. The van der Waals surface area contributed by atoms with Crippen LogP contribution in [0.3, 0.4) is 0 Å². The fourth-order valence-electron chi connectivity index (χ4n) is 2.42. The van der Waals surface area contributed by atoms with E-state index in [1.54, 1.807) is 11.3 Å². The van der Waals surface area contributed by atoms with E-state index in [1.807, 2.05) is 30.5 Å². The molecule has 2 N–H and O–H groups in total. The summed E-state index contributed by atoms with van der Waals surface area (Å²) in [6.07, 6.45) is 0.843. The van der Waals surface area contributed by atoms with E-state index >= 15 is 0 Å². The summed E-state index contributed by atoms with van der Waals surface area (Å²) in [6.45, 7) is 3.70. The number of fused-ring (bicyclic) bond motifs is 1. The zero-order chi connectivity index (χ0) is 16.1. The summed E-state index contributed by atoms with van der Waals surface area (Å²) in [7, 11) is 0. The van der Waals surface area contributed by atoms with E-state index in [0.717, 1.165) is 23.5 Å². The highest BCUT2D eigenvalue weighted by molar-refractivity contribution is 7.07. The van der Waals surface area contributed by atoms with Crippen molar-refractivity contribution in [3.63, 3.8) is 0 Å². The quantitative estimate of drug-likeness (QED) is 0.884. The Kier molecular flexibility index (Phi) is 5.02. The zero-order valence-corrected chi connectivity index (χ0v) is 13.8. The Bertz CT molecular complexity index is 658. The van der Waals surface area contributed by atoms with Crippen molar-refractivity contribution in [2.24, 2.45) is 0 Å². The van der Waals surface area contributed by atoms with Gasteiger partial charge in [-0.15, -0.1) is 0 Å². The highest BCUT2D eigenvalue weighted by atomic mass is 32.1. The summed E-state index contributed by atoms with van der Waals surface area (Å²) in [6, 6.07) is 7.56. The van der Waals surface area contributed by atoms with E-state index in [4.69, 9.17) is 9.47 Å². The first kappa shape index (κ1) is 15.7. The molecule has 1 aromatic carbocycles. The lowest BCUT2D eigenvalue weighted by Gasteiger charge is -2.21. The van der Waals surface area contributed by atoms with Crippen LogP contribution >= 0.6 is 11.3 Å². The molecule has 0 bridgehead atoms. The van der Waals surface area contributed by atoms with Crippen molar-refractivity contribution in [1.29, 1.82) is 0 Å². The van der Waals surface area contributed by atoms with Gasteiger partial charge in [0.15, 0.2) is 11.5 Å². The number of amides is 2. The minimum atomic E-state index is -0.164. The first-order valence-electron chi connectivity index (χ1n) is 7.67. The summed E-state index contributed by atoms with van der Waals surface area (Å²) in [5.41, 5.74) is 2.23. The Hall–Kier alpha value is -2.21. The summed E-state index contributed by atoms with van der Waals surface area (Å²) < 4.78 is 11.1. The Morgan fingerprint density at radius 1 is 1.26 bits per heavy atom. The predicted octanol–water partition coefficient (Wildman–Crippen LogP) is 3.12. The monoisotopic (exact) mass is 332 g/mol. The largest absolute Gasteiger partial charge is 0.486 e. The molecule has 122 valence electrons. The van der Waals surface area contributed by atoms with Gasteiger partial charge in [0, 0.05) is 6.54 Å². The molecule has 6 heteroatoms. The second kappa shape index (κ2) is 7.37. The van der Waals surface area contributed by atoms with Gasteiger partial charge >= 0.3 is 6.03 Å². The Morgan fingerprint density at radius 2 is 2.09 bits per heavy atom. The van der Waals surface area contributed by atoms with Crippen LogP contribution in [0, 0.1) is 0 Å². The molecule has 1 atom stereocenters. The average molecular weight is 332 g/mol. The van der Waals surface area contributed by atoms with Crippen molar-refractivity contribution in [1.82, 2.24) is 10.6 Å². The van der Waals surface area contributed by atoms with Crippen LogP contribution < -0.4 is 20.1 Å². The number of carbonyl (C=O) groups is 1. The lowest BCUT2D eigenvalue weighted by atomic mass is 10.1.